The van der Waals surface area contributed by atoms with Gasteiger partial charge in [-0.25, -0.2) is 0 Å². The Morgan fingerprint density at radius 3 is 2.93 bits per heavy atom. The summed E-state index contributed by atoms with van der Waals surface area (Å²) in [6, 6.07) is 0.858. The van der Waals surface area contributed by atoms with E-state index in [9.17, 15) is 0 Å². The summed E-state index contributed by atoms with van der Waals surface area (Å²) in [5.74, 6) is 0. The Bertz CT molecular complexity index is 205. The smallest absolute Gasteiger partial charge is 0.0936 e. The van der Waals surface area contributed by atoms with Crippen LogP contribution in [-0.2, 0) is 4.74 Å². The first-order chi connectivity index (χ1) is 6.92. The molecule has 3 heteroatoms. The molecule has 3 heterocycles. The van der Waals surface area contributed by atoms with E-state index in [2.05, 4.69) is 9.80 Å². The minimum atomic E-state index is 0.574. The minimum Gasteiger partial charge on any atom is -0.372 e. The van der Waals surface area contributed by atoms with Gasteiger partial charge in [0.05, 0.1) is 12.7 Å². The van der Waals surface area contributed by atoms with Gasteiger partial charge in [-0.05, 0) is 19.4 Å². The Hall–Kier alpha value is -0.120. The number of hydrogen-bond donors (Lipinski definition) is 0. The van der Waals surface area contributed by atoms with Crippen molar-refractivity contribution >= 4 is 0 Å². The third-order valence-corrected chi connectivity index (χ3v) is 3.79. The molecule has 3 saturated heterocycles. The Labute approximate surface area is 86.0 Å². The van der Waals surface area contributed by atoms with Gasteiger partial charge in [-0.3, -0.25) is 9.80 Å². The number of piperidine rings is 1. The van der Waals surface area contributed by atoms with Crippen molar-refractivity contribution in [1.29, 1.82) is 0 Å². The molecule has 80 valence electrons. The molecule has 0 aromatic heterocycles. The summed E-state index contributed by atoms with van der Waals surface area (Å²) in [6.07, 6.45) is 4.85. The molecule has 2 atom stereocenters. The fraction of sp³-hybridized carbons (Fsp3) is 1.00. The van der Waals surface area contributed by atoms with E-state index >= 15 is 0 Å². The first kappa shape index (κ1) is 9.13. The van der Waals surface area contributed by atoms with E-state index in [1.165, 1.54) is 52.0 Å². The number of hydrogen-bond acceptors (Lipinski definition) is 3. The Kier molecular flexibility index (Phi) is 2.48. The molecule has 0 amide bonds. The highest BCUT2D eigenvalue weighted by Gasteiger charge is 2.32. The van der Waals surface area contributed by atoms with Gasteiger partial charge in [0.15, 0.2) is 0 Å². The van der Waals surface area contributed by atoms with Crippen molar-refractivity contribution in [3.05, 3.63) is 0 Å². The number of piperazine rings is 1. The zero-order chi connectivity index (χ0) is 9.38. The maximum atomic E-state index is 5.29. The molecule has 3 nitrogen and oxygen atoms in total. The van der Waals surface area contributed by atoms with Gasteiger partial charge >= 0.3 is 0 Å². The second-order valence-electron chi connectivity index (χ2n) is 4.90. The molecule has 0 spiro atoms. The standard InChI is InChI=1S/C11H20N2O/c1-2-4-13-6-5-12(7-10(13)3-1)8-11-9-14-11/h10-11H,1-9H2/t10?,11-/m1/s1. The molecule has 3 fully saturated rings. The highest BCUT2D eigenvalue weighted by Crippen LogP contribution is 2.22. The Morgan fingerprint density at radius 2 is 2.07 bits per heavy atom. The topological polar surface area (TPSA) is 19.0 Å². The van der Waals surface area contributed by atoms with Gasteiger partial charge in [0, 0.05) is 32.2 Å². The first-order valence-electron chi connectivity index (χ1n) is 6.00. The molecule has 0 bridgehead atoms. The maximum absolute atomic E-state index is 5.29. The molecule has 0 N–H and O–H groups in total. The third-order valence-electron chi connectivity index (χ3n) is 3.79. The van der Waals surface area contributed by atoms with Crippen LogP contribution in [0.3, 0.4) is 0 Å². The first-order valence-corrected chi connectivity index (χ1v) is 6.00. The zero-order valence-electron chi connectivity index (χ0n) is 8.82. The lowest BCUT2D eigenvalue weighted by atomic mass is 9.99. The molecule has 3 rings (SSSR count). The van der Waals surface area contributed by atoms with Crippen molar-refractivity contribution in [2.24, 2.45) is 0 Å². The normalized spacial score (nSPS) is 39.4. The number of fused-ring (bicyclic) bond motifs is 1. The van der Waals surface area contributed by atoms with Crippen molar-refractivity contribution < 1.29 is 4.74 Å². The van der Waals surface area contributed by atoms with Crippen molar-refractivity contribution in [1.82, 2.24) is 9.80 Å². The molecule has 0 saturated carbocycles. The van der Waals surface area contributed by atoms with Crippen molar-refractivity contribution in [3.63, 3.8) is 0 Å². The fourth-order valence-corrected chi connectivity index (χ4v) is 2.85. The van der Waals surface area contributed by atoms with Gasteiger partial charge in [0.2, 0.25) is 0 Å². The van der Waals surface area contributed by atoms with E-state index in [1.54, 1.807) is 0 Å². The SMILES string of the molecule is C1CCN2CCN(C[C@@H]3CO3)CC2C1. The van der Waals surface area contributed by atoms with E-state index in [-0.39, 0.29) is 0 Å². The molecule has 3 aliphatic rings. The van der Waals surface area contributed by atoms with Crippen molar-refractivity contribution in [2.45, 2.75) is 31.4 Å². The summed E-state index contributed by atoms with van der Waals surface area (Å²) >= 11 is 0. The van der Waals surface area contributed by atoms with Crippen LogP contribution >= 0.6 is 0 Å². The van der Waals surface area contributed by atoms with Crippen LogP contribution in [0.5, 0.6) is 0 Å². The van der Waals surface area contributed by atoms with Crippen LogP contribution < -0.4 is 0 Å². The summed E-state index contributed by atoms with van der Waals surface area (Å²) in [7, 11) is 0. The minimum absolute atomic E-state index is 0.574. The summed E-state index contributed by atoms with van der Waals surface area (Å²) in [4.78, 5) is 5.29. The maximum Gasteiger partial charge on any atom is 0.0936 e. The average molecular weight is 196 g/mol. The van der Waals surface area contributed by atoms with Gasteiger partial charge in [-0.15, -0.1) is 0 Å². The molecular formula is C11H20N2O. The number of epoxide rings is 1. The van der Waals surface area contributed by atoms with E-state index < -0.39 is 0 Å². The van der Waals surface area contributed by atoms with Crippen LogP contribution in [0.2, 0.25) is 0 Å². The molecule has 0 aromatic carbocycles. The lowest BCUT2D eigenvalue weighted by Gasteiger charge is -2.43. The van der Waals surface area contributed by atoms with E-state index in [0.717, 1.165) is 12.6 Å². The summed E-state index contributed by atoms with van der Waals surface area (Å²) in [6.45, 7) is 7.38. The second-order valence-corrected chi connectivity index (χ2v) is 4.90. The number of nitrogens with zero attached hydrogens (tertiary/aromatic N) is 2. The number of rotatable bonds is 2. The quantitative estimate of drug-likeness (QED) is 0.601. The predicted molar refractivity (Wildman–Crippen MR) is 55.4 cm³/mol. The van der Waals surface area contributed by atoms with E-state index in [0.29, 0.717) is 6.10 Å². The molecule has 3 aliphatic heterocycles. The molecule has 0 aromatic rings. The van der Waals surface area contributed by atoms with Crippen LogP contribution in [-0.4, -0.2) is 61.3 Å². The lowest BCUT2D eigenvalue weighted by Crippen LogP contribution is -2.55. The second kappa shape index (κ2) is 3.80. The van der Waals surface area contributed by atoms with Crippen LogP contribution in [0.15, 0.2) is 0 Å². The van der Waals surface area contributed by atoms with Gasteiger partial charge in [-0.1, -0.05) is 6.42 Å². The zero-order valence-corrected chi connectivity index (χ0v) is 8.82. The van der Waals surface area contributed by atoms with E-state index in [1.807, 2.05) is 0 Å². The third kappa shape index (κ3) is 1.95. The van der Waals surface area contributed by atoms with Crippen LogP contribution in [0, 0.1) is 0 Å². The predicted octanol–water partition coefficient (Wildman–Crippen LogP) is 0.555. The van der Waals surface area contributed by atoms with Gasteiger partial charge < -0.3 is 4.74 Å². The Balaban J connectivity index is 1.53. The average Bonchev–Trinajstić information content (AvgIpc) is 3.02. The molecule has 0 radical (unpaired) electrons. The molecule has 0 aliphatic carbocycles. The largest absolute Gasteiger partial charge is 0.372 e. The van der Waals surface area contributed by atoms with Crippen molar-refractivity contribution in [3.8, 4) is 0 Å². The lowest BCUT2D eigenvalue weighted by molar-refractivity contribution is 0.0462. The summed E-state index contributed by atoms with van der Waals surface area (Å²) in [5.41, 5.74) is 0. The van der Waals surface area contributed by atoms with Crippen LogP contribution in [0.4, 0.5) is 0 Å². The van der Waals surface area contributed by atoms with Gasteiger partial charge in [0.25, 0.3) is 0 Å². The molecule has 1 unspecified atom stereocenters. The summed E-state index contributed by atoms with van der Waals surface area (Å²) in [5, 5.41) is 0. The highest BCUT2D eigenvalue weighted by atomic mass is 16.6. The van der Waals surface area contributed by atoms with Gasteiger partial charge in [-0.2, -0.15) is 0 Å². The van der Waals surface area contributed by atoms with E-state index in [4.69, 9.17) is 4.74 Å². The van der Waals surface area contributed by atoms with Crippen LogP contribution in [0.25, 0.3) is 0 Å². The monoisotopic (exact) mass is 196 g/mol. The van der Waals surface area contributed by atoms with Crippen molar-refractivity contribution in [2.75, 3.05) is 39.3 Å². The molecular weight excluding hydrogens is 176 g/mol. The van der Waals surface area contributed by atoms with Gasteiger partial charge in [0.1, 0.15) is 0 Å². The molecule has 14 heavy (non-hydrogen) atoms. The Morgan fingerprint density at radius 1 is 1.14 bits per heavy atom. The van der Waals surface area contributed by atoms with Crippen LogP contribution in [0.1, 0.15) is 19.3 Å². The number of ether oxygens (including phenoxy) is 1. The fourth-order valence-electron chi connectivity index (χ4n) is 2.85. The summed E-state index contributed by atoms with van der Waals surface area (Å²) < 4.78 is 5.29. The highest BCUT2D eigenvalue weighted by molar-refractivity contribution is 4.87.